The lowest BCUT2D eigenvalue weighted by molar-refractivity contribution is -0.365. The van der Waals surface area contributed by atoms with Gasteiger partial charge in [-0.15, -0.1) is 9.97 Å². The zero-order valence-electron chi connectivity index (χ0n) is 12.0. The van der Waals surface area contributed by atoms with Crippen LogP contribution < -0.4 is 16.0 Å². The van der Waals surface area contributed by atoms with E-state index in [0.29, 0.717) is 0 Å². The Morgan fingerprint density at radius 3 is 2.32 bits per heavy atom. The highest BCUT2D eigenvalue weighted by atomic mass is 19.4. The fourth-order valence-electron chi connectivity index (χ4n) is 1.92. The number of para-hydroxylation sites is 1. The summed E-state index contributed by atoms with van der Waals surface area (Å²) in [6, 6.07) is 6.83. The van der Waals surface area contributed by atoms with Crippen LogP contribution in [0.4, 0.5) is 24.8 Å². The molecule has 0 atom stereocenters. The Hall–Kier alpha value is -2.64. The molecule has 0 saturated carbocycles. The molecule has 0 unspecified atom stereocenters. The summed E-state index contributed by atoms with van der Waals surface area (Å²) >= 11 is 0. The van der Waals surface area contributed by atoms with Gasteiger partial charge in [-0.3, -0.25) is 5.32 Å². The molecule has 8 heteroatoms. The van der Waals surface area contributed by atoms with Gasteiger partial charge >= 0.3 is 12.1 Å². The van der Waals surface area contributed by atoms with Crippen molar-refractivity contribution in [3.63, 3.8) is 0 Å². The first kappa shape index (κ1) is 15.7. The Kier molecular flexibility index (Phi) is 4.30. The fourth-order valence-corrected chi connectivity index (χ4v) is 1.92. The van der Waals surface area contributed by atoms with Gasteiger partial charge in [0.15, 0.2) is 0 Å². The summed E-state index contributed by atoms with van der Waals surface area (Å²) in [4.78, 5) is 10.8. The summed E-state index contributed by atoms with van der Waals surface area (Å²) in [7, 11) is 0. The lowest BCUT2D eigenvalue weighted by atomic mass is 10.1. The van der Waals surface area contributed by atoms with E-state index < -0.39 is 11.7 Å². The largest absolute Gasteiger partial charge is 0.419 e. The van der Waals surface area contributed by atoms with Crippen LogP contribution in [-0.2, 0) is 6.18 Å². The van der Waals surface area contributed by atoms with Crippen molar-refractivity contribution in [2.45, 2.75) is 20.0 Å². The van der Waals surface area contributed by atoms with E-state index in [0.717, 1.165) is 17.5 Å². The minimum atomic E-state index is -4.47. The van der Waals surface area contributed by atoms with Crippen molar-refractivity contribution in [1.29, 1.82) is 0 Å². The molecule has 0 bridgehead atoms. The third-order valence-electron chi connectivity index (χ3n) is 2.73. The van der Waals surface area contributed by atoms with Crippen LogP contribution >= 0.6 is 0 Å². The van der Waals surface area contributed by atoms with Crippen LogP contribution in [0.3, 0.4) is 0 Å². The number of aromatic nitrogens is 2. The molecule has 0 spiro atoms. The molecule has 2 rings (SSSR count). The van der Waals surface area contributed by atoms with Crippen LogP contribution in [0.15, 0.2) is 30.3 Å². The van der Waals surface area contributed by atoms with Gasteiger partial charge < -0.3 is 5.73 Å². The maximum Gasteiger partial charge on any atom is 0.419 e. The summed E-state index contributed by atoms with van der Waals surface area (Å²) in [6.45, 7) is 3.56. The van der Waals surface area contributed by atoms with Crippen molar-refractivity contribution in [3.8, 4) is 0 Å². The smallest absolute Gasteiger partial charge is 0.322 e. The Bertz CT molecular complexity index is 690. The number of alkyl halides is 3. The minimum absolute atomic E-state index is 0.0956. The monoisotopic (exact) mass is 310 g/mol. The first-order valence-electron chi connectivity index (χ1n) is 6.40. The first-order valence-corrected chi connectivity index (χ1v) is 6.40. The molecule has 116 valence electrons. The van der Waals surface area contributed by atoms with Crippen LogP contribution in [-0.4, -0.2) is 15.9 Å². The standard InChI is InChI=1S/C14H14F3N5/c1-8-7-9(2)20-13(19-8)22-12(18)21-11-6-4-3-5-10(11)14(15,16)17/h3-7H,1-2H3,(H3,18,19,20,21,22)/p+1. The van der Waals surface area contributed by atoms with E-state index in [9.17, 15) is 13.2 Å². The van der Waals surface area contributed by atoms with Crippen LogP contribution in [0.25, 0.3) is 0 Å². The number of halogens is 3. The van der Waals surface area contributed by atoms with E-state index in [4.69, 9.17) is 5.73 Å². The number of nitrogens with zero attached hydrogens (tertiary/aromatic N) is 2. The van der Waals surface area contributed by atoms with Crippen LogP contribution in [0.2, 0.25) is 0 Å². The molecule has 0 aliphatic rings. The van der Waals surface area contributed by atoms with Gasteiger partial charge in [-0.05, 0) is 26.0 Å². The van der Waals surface area contributed by atoms with Crippen molar-refractivity contribution in [2.24, 2.45) is 5.73 Å². The Balaban J connectivity index is 2.29. The zero-order chi connectivity index (χ0) is 16.3. The highest BCUT2D eigenvalue weighted by Gasteiger charge is 2.34. The van der Waals surface area contributed by atoms with Gasteiger partial charge in [0.1, 0.15) is 0 Å². The quantitative estimate of drug-likeness (QED) is 0.576. The van der Waals surface area contributed by atoms with Gasteiger partial charge in [-0.2, -0.15) is 13.2 Å². The molecule has 2 aromatic rings. The number of anilines is 1. The van der Waals surface area contributed by atoms with Gasteiger partial charge in [0.05, 0.1) is 22.6 Å². The van der Waals surface area contributed by atoms with Crippen molar-refractivity contribution >= 4 is 17.6 Å². The van der Waals surface area contributed by atoms with E-state index in [1.165, 1.54) is 18.2 Å². The average Bonchev–Trinajstić information content (AvgIpc) is 2.36. The molecule has 0 saturated heterocycles. The second-order valence-corrected chi connectivity index (χ2v) is 4.68. The summed E-state index contributed by atoms with van der Waals surface area (Å²) in [5.74, 6) is 0.119. The topological polar surface area (TPSA) is 77.8 Å². The van der Waals surface area contributed by atoms with Gasteiger partial charge in [-0.1, -0.05) is 12.1 Å². The molecule has 4 N–H and O–H groups in total. The van der Waals surface area contributed by atoms with Crippen molar-refractivity contribution in [3.05, 3.63) is 47.3 Å². The van der Waals surface area contributed by atoms with E-state index in [1.807, 2.05) is 0 Å². The Morgan fingerprint density at radius 2 is 1.73 bits per heavy atom. The lowest BCUT2D eigenvalue weighted by Crippen LogP contribution is -2.72. The number of guanidine groups is 1. The van der Waals surface area contributed by atoms with Crippen molar-refractivity contribution < 1.29 is 18.2 Å². The maximum absolute atomic E-state index is 12.9. The molecular formula is C14H15F3N5+. The number of benzene rings is 1. The molecule has 0 aliphatic carbocycles. The maximum atomic E-state index is 12.9. The number of aryl methyl sites for hydroxylation is 2. The van der Waals surface area contributed by atoms with Gasteiger partial charge in [-0.25, -0.2) is 4.99 Å². The number of nitrogens with two attached hydrogens (primary N) is 1. The number of hydrogen-bond acceptors (Lipinski definition) is 2. The summed E-state index contributed by atoms with van der Waals surface area (Å²) < 4.78 is 38.7. The Morgan fingerprint density at radius 1 is 1.14 bits per heavy atom. The van der Waals surface area contributed by atoms with E-state index in [2.05, 4.69) is 20.3 Å². The highest BCUT2D eigenvalue weighted by Crippen LogP contribution is 2.34. The van der Waals surface area contributed by atoms with E-state index >= 15 is 0 Å². The molecule has 5 nitrogen and oxygen atoms in total. The second-order valence-electron chi connectivity index (χ2n) is 4.68. The zero-order valence-corrected chi connectivity index (χ0v) is 12.0. The number of hydrogen-bond donors (Lipinski definition) is 3. The molecule has 22 heavy (non-hydrogen) atoms. The summed E-state index contributed by atoms with van der Waals surface area (Å²) in [5.41, 5.74) is 6.19. The minimum Gasteiger partial charge on any atom is -0.322 e. The first-order chi connectivity index (χ1) is 10.3. The molecule has 0 fully saturated rings. The number of nitrogens with one attached hydrogen (secondary N) is 2. The Labute approximate surface area is 125 Å². The third kappa shape index (κ3) is 3.94. The van der Waals surface area contributed by atoms with Gasteiger partial charge in [0, 0.05) is 6.07 Å². The molecule has 0 amide bonds. The van der Waals surface area contributed by atoms with E-state index in [-0.39, 0.29) is 17.6 Å². The van der Waals surface area contributed by atoms with Crippen LogP contribution in [0, 0.1) is 13.8 Å². The molecule has 0 aliphatic heterocycles. The molecule has 1 heterocycles. The molecular weight excluding hydrogens is 295 g/mol. The normalized spacial score (nSPS) is 12.3. The summed E-state index contributed by atoms with van der Waals surface area (Å²) in [6.07, 6.45) is -4.47. The molecule has 1 aromatic heterocycles. The predicted octanol–water partition coefficient (Wildman–Crippen LogP) is 1.25. The van der Waals surface area contributed by atoms with E-state index in [1.54, 1.807) is 19.9 Å². The van der Waals surface area contributed by atoms with Crippen molar-refractivity contribution in [2.75, 3.05) is 5.32 Å². The summed E-state index contributed by atoms with van der Waals surface area (Å²) in [5, 5.41) is 2.49. The average molecular weight is 310 g/mol. The number of rotatable bonds is 2. The lowest BCUT2D eigenvalue weighted by Gasteiger charge is -2.11. The van der Waals surface area contributed by atoms with Crippen LogP contribution in [0.1, 0.15) is 17.0 Å². The fraction of sp³-hybridized carbons (Fsp3) is 0.214. The molecule has 1 aromatic carbocycles. The van der Waals surface area contributed by atoms with Crippen molar-refractivity contribution in [1.82, 2.24) is 9.97 Å². The van der Waals surface area contributed by atoms with Gasteiger partial charge in [0.25, 0.3) is 5.96 Å². The van der Waals surface area contributed by atoms with Gasteiger partial charge in [0.2, 0.25) is 0 Å². The predicted molar refractivity (Wildman–Crippen MR) is 76.4 cm³/mol. The van der Waals surface area contributed by atoms with Crippen LogP contribution in [0.5, 0.6) is 0 Å². The molecule has 0 radical (unpaired) electrons. The highest BCUT2D eigenvalue weighted by molar-refractivity contribution is 5.89. The second kappa shape index (κ2) is 6.00. The SMILES string of the molecule is Cc1cc(C)nc([NH+]=C(N)Nc2ccccc2C(F)(F)F)n1. The third-order valence-corrected chi connectivity index (χ3v) is 2.73.